The van der Waals surface area contributed by atoms with Gasteiger partial charge in [0.1, 0.15) is 0 Å². The highest BCUT2D eigenvalue weighted by Crippen LogP contribution is 2.40. The molecule has 1 aliphatic carbocycles. The molecule has 2 N–H and O–H groups in total. The molecule has 1 saturated carbocycles. The third kappa shape index (κ3) is 7.17. The van der Waals surface area contributed by atoms with Gasteiger partial charge in [-0.15, -0.1) is 10.2 Å². The minimum Gasteiger partial charge on any atom is -0.371 e. The summed E-state index contributed by atoms with van der Waals surface area (Å²) in [4.78, 5) is 30.1. The molecule has 0 spiro atoms. The van der Waals surface area contributed by atoms with Crippen LogP contribution in [0.3, 0.4) is 0 Å². The number of anilines is 4. The average molecular weight is 617 g/mol. The van der Waals surface area contributed by atoms with Crippen LogP contribution in [0.5, 0.6) is 0 Å². The molecule has 4 heterocycles. The number of amides is 2. The first-order valence-electron chi connectivity index (χ1n) is 16.5. The van der Waals surface area contributed by atoms with Crippen LogP contribution in [-0.2, 0) is 22.4 Å². The van der Waals surface area contributed by atoms with Crippen molar-refractivity contribution in [1.82, 2.24) is 20.4 Å². The largest absolute Gasteiger partial charge is 0.371 e. The van der Waals surface area contributed by atoms with Crippen LogP contribution in [0, 0.1) is 0 Å². The van der Waals surface area contributed by atoms with Crippen molar-refractivity contribution in [2.45, 2.75) is 63.2 Å². The Balaban J connectivity index is 0.900. The second-order valence-electron chi connectivity index (χ2n) is 12.7. The number of benzene rings is 2. The molecule has 4 aromatic rings. The Hall–Kier alpha value is -4.86. The van der Waals surface area contributed by atoms with Gasteiger partial charge in [-0.2, -0.15) is 10.2 Å². The first kappa shape index (κ1) is 29.8. The lowest BCUT2D eigenvalue weighted by molar-refractivity contribution is -0.116. The molecule has 2 saturated heterocycles. The molecule has 0 unspecified atom stereocenters. The Morgan fingerprint density at radius 2 is 1.09 bits per heavy atom. The molecule has 236 valence electrons. The van der Waals surface area contributed by atoms with Gasteiger partial charge in [-0.3, -0.25) is 9.59 Å². The monoisotopic (exact) mass is 616 g/mol. The Morgan fingerprint density at radius 3 is 1.48 bits per heavy atom. The molecule has 3 aliphatic rings. The van der Waals surface area contributed by atoms with Gasteiger partial charge in [-0.05, 0) is 91.8 Å². The van der Waals surface area contributed by atoms with E-state index in [4.69, 9.17) is 0 Å². The highest BCUT2D eigenvalue weighted by Gasteiger charge is 2.27. The summed E-state index contributed by atoms with van der Waals surface area (Å²) in [5.41, 5.74) is 6.19. The molecule has 2 aromatic heterocycles. The third-order valence-corrected chi connectivity index (χ3v) is 9.41. The van der Waals surface area contributed by atoms with E-state index in [1.54, 1.807) is 0 Å². The van der Waals surface area contributed by atoms with Gasteiger partial charge in [0.05, 0.1) is 24.2 Å². The lowest BCUT2D eigenvalue weighted by Crippen LogP contribution is -2.36. The van der Waals surface area contributed by atoms with Crippen LogP contribution in [0.2, 0.25) is 0 Å². The molecule has 0 radical (unpaired) electrons. The SMILES string of the molecule is O=C(Cc1cccc(N2CCC2)c1)Nc1ccc([C@H]2CCC[C@H](c3ccc(NC(=O)Cc4cccc(N5CCC5)c4)nn3)C2)nn1. The molecule has 7 rings (SSSR count). The summed E-state index contributed by atoms with van der Waals surface area (Å²) in [5.74, 6) is 1.24. The lowest BCUT2D eigenvalue weighted by Gasteiger charge is -2.33. The third-order valence-electron chi connectivity index (χ3n) is 9.41. The number of carbonyl (C=O) groups is 2. The summed E-state index contributed by atoms with van der Waals surface area (Å²) in [7, 11) is 0. The van der Waals surface area contributed by atoms with Crippen LogP contribution in [-0.4, -0.2) is 58.4 Å². The maximum Gasteiger partial charge on any atom is 0.229 e. The molecule has 2 aromatic carbocycles. The van der Waals surface area contributed by atoms with Gasteiger partial charge >= 0.3 is 0 Å². The van der Waals surface area contributed by atoms with Gasteiger partial charge in [0.15, 0.2) is 11.6 Å². The van der Waals surface area contributed by atoms with Gasteiger partial charge in [-0.25, -0.2) is 0 Å². The van der Waals surface area contributed by atoms with Crippen molar-refractivity contribution >= 4 is 34.8 Å². The number of hydrogen-bond donors (Lipinski definition) is 2. The van der Waals surface area contributed by atoms with Crippen molar-refractivity contribution in [3.8, 4) is 0 Å². The fourth-order valence-electron chi connectivity index (χ4n) is 6.60. The predicted molar refractivity (Wildman–Crippen MR) is 179 cm³/mol. The van der Waals surface area contributed by atoms with Crippen LogP contribution < -0.4 is 20.4 Å². The summed E-state index contributed by atoms with van der Waals surface area (Å²) in [6.45, 7) is 4.31. The molecule has 10 nitrogen and oxygen atoms in total. The van der Waals surface area contributed by atoms with Crippen molar-refractivity contribution in [2.75, 3.05) is 46.6 Å². The van der Waals surface area contributed by atoms with E-state index < -0.39 is 0 Å². The van der Waals surface area contributed by atoms with Crippen molar-refractivity contribution in [1.29, 1.82) is 0 Å². The smallest absolute Gasteiger partial charge is 0.229 e. The minimum absolute atomic E-state index is 0.102. The molecule has 3 fully saturated rings. The van der Waals surface area contributed by atoms with E-state index in [0.29, 0.717) is 24.5 Å². The molecule has 0 bridgehead atoms. The van der Waals surface area contributed by atoms with E-state index in [0.717, 1.165) is 74.4 Å². The number of carbonyl (C=O) groups excluding carboxylic acids is 2. The van der Waals surface area contributed by atoms with E-state index in [1.807, 2.05) is 48.5 Å². The summed E-state index contributed by atoms with van der Waals surface area (Å²) in [6, 6.07) is 24.0. The molecule has 2 atom stereocenters. The lowest BCUT2D eigenvalue weighted by atomic mass is 9.78. The standard InChI is InChI=1S/C36H40N8O2/c45-35(22-25-6-1-10-29(20-25)43-16-4-17-43)37-33-14-12-31(39-41-33)27-8-3-9-28(24-27)32-13-15-34(42-40-32)38-36(46)23-26-7-2-11-30(21-26)44-18-5-19-44/h1-2,6-7,10-15,20-21,27-28H,3-5,8-9,16-19,22-24H2,(H,37,41,45)(H,38,42,46)/t27-,28-/m0/s1. The van der Waals surface area contributed by atoms with Crippen LogP contribution in [0.1, 0.15) is 72.9 Å². The zero-order valence-corrected chi connectivity index (χ0v) is 26.1. The summed E-state index contributed by atoms with van der Waals surface area (Å²) in [5, 5.41) is 23.4. The highest BCUT2D eigenvalue weighted by atomic mass is 16.2. The van der Waals surface area contributed by atoms with Crippen LogP contribution in [0.25, 0.3) is 0 Å². The summed E-state index contributed by atoms with van der Waals surface area (Å²) in [6.07, 6.45) is 7.06. The number of rotatable bonds is 10. The predicted octanol–water partition coefficient (Wildman–Crippen LogP) is 5.49. The number of nitrogens with zero attached hydrogens (tertiary/aromatic N) is 6. The quantitative estimate of drug-likeness (QED) is 0.240. The van der Waals surface area contributed by atoms with Crippen LogP contribution in [0.4, 0.5) is 23.0 Å². The van der Waals surface area contributed by atoms with E-state index >= 15 is 0 Å². The average Bonchev–Trinajstić information content (AvgIpc) is 3.00. The van der Waals surface area contributed by atoms with Crippen molar-refractivity contribution in [3.63, 3.8) is 0 Å². The molecular formula is C36H40N8O2. The number of aromatic nitrogens is 4. The molecule has 46 heavy (non-hydrogen) atoms. The molecule has 10 heteroatoms. The maximum absolute atomic E-state index is 12.7. The first-order chi connectivity index (χ1) is 22.6. The second kappa shape index (κ2) is 13.6. The second-order valence-corrected chi connectivity index (χ2v) is 12.7. The van der Waals surface area contributed by atoms with E-state index in [1.165, 1.54) is 24.2 Å². The fraction of sp³-hybridized carbons (Fsp3) is 0.389. The Kier molecular flexibility index (Phi) is 8.85. The Morgan fingerprint density at radius 1 is 0.609 bits per heavy atom. The number of hydrogen-bond acceptors (Lipinski definition) is 8. The maximum atomic E-state index is 12.7. The van der Waals surface area contributed by atoms with Gasteiger partial charge in [0.2, 0.25) is 11.8 Å². The van der Waals surface area contributed by atoms with Gasteiger partial charge in [0, 0.05) is 49.4 Å². The highest BCUT2D eigenvalue weighted by molar-refractivity contribution is 5.92. The van der Waals surface area contributed by atoms with Crippen LogP contribution >= 0.6 is 0 Å². The van der Waals surface area contributed by atoms with Crippen molar-refractivity contribution in [2.24, 2.45) is 0 Å². The van der Waals surface area contributed by atoms with E-state index in [-0.39, 0.29) is 23.7 Å². The minimum atomic E-state index is -0.102. The zero-order valence-electron chi connectivity index (χ0n) is 26.1. The number of nitrogens with one attached hydrogen (secondary N) is 2. The van der Waals surface area contributed by atoms with Gasteiger partial charge in [0.25, 0.3) is 0 Å². The topological polar surface area (TPSA) is 116 Å². The van der Waals surface area contributed by atoms with E-state index in [2.05, 4.69) is 65.1 Å². The fourth-order valence-corrected chi connectivity index (χ4v) is 6.60. The zero-order chi connectivity index (χ0) is 31.3. The Labute approximate surface area is 269 Å². The molecule has 2 aliphatic heterocycles. The summed E-state index contributed by atoms with van der Waals surface area (Å²) >= 11 is 0. The van der Waals surface area contributed by atoms with E-state index in [9.17, 15) is 9.59 Å². The van der Waals surface area contributed by atoms with Crippen LogP contribution in [0.15, 0.2) is 72.8 Å². The van der Waals surface area contributed by atoms with Crippen molar-refractivity contribution < 1.29 is 9.59 Å². The Bertz CT molecular complexity index is 1550. The van der Waals surface area contributed by atoms with Gasteiger partial charge < -0.3 is 20.4 Å². The summed E-state index contributed by atoms with van der Waals surface area (Å²) < 4.78 is 0. The first-order valence-corrected chi connectivity index (χ1v) is 16.5. The normalized spacial score (nSPS) is 19.1. The van der Waals surface area contributed by atoms with Crippen molar-refractivity contribution in [3.05, 3.63) is 95.3 Å². The molecule has 2 amide bonds. The molecular weight excluding hydrogens is 576 g/mol. The van der Waals surface area contributed by atoms with Gasteiger partial charge in [-0.1, -0.05) is 30.7 Å².